The van der Waals surface area contributed by atoms with Crippen molar-refractivity contribution in [1.82, 2.24) is 20.1 Å². The summed E-state index contributed by atoms with van der Waals surface area (Å²) in [5, 5.41) is 10.1. The monoisotopic (exact) mass is 356 g/mol. The summed E-state index contributed by atoms with van der Waals surface area (Å²) in [6, 6.07) is 10.4. The van der Waals surface area contributed by atoms with Crippen molar-refractivity contribution < 1.29 is 4.79 Å². The molecule has 0 saturated heterocycles. The molecule has 1 aromatic carbocycles. The number of fused-ring (bicyclic) bond motifs is 2. The average Bonchev–Trinajstić information content (AvgIpc) is 3.31. The van der Waals surface area contributed by atoms with Gasteiger partial charge < -0.3 is 9.88 Å². The van der Waals surface area contributed by atoms with Gasteiger partial charge in [0.1, 0.15) is 0 Å². The molecule has 2 aliphatic rings. The molecule has 2 bridgehead atoms. The smallest absolute Gasteiger partial charge is 0.227 e. The van der Waals surface area contributed by atoms with E-state index in [1.54, 1.807) is 4.57 Å². The molecule has 2 aliphatic carbocycles. The Bertz CT molecular complexity index is 827. The molecule has 2 fully saturated rings. The van der Waals surface area contributed by atoms with Gasteiger partial charge in [0, 0.05) is 7.05 Å². The number of rotatable bonds is 5. The van der Waals surface area contributed by atoms with Gasteiger partial charge in [0.2, 0.25) is 5.91 Å². The maximum atomic E-state index is 13.3. The molecule has 2 saturated carbocycles. The number of hydrogen-bond acceptors (Lipinski definition) is 3. The van der Waals surface area contributed by atoms with Crippen LogP contribution >= 0.6 is 12.2 Å². The van der Waals surface area contributed by atoms with Crippen LogP contribution in [0.25, 0.3) is 0 Å². The zero-order valence-corrected chi connectivity index (χ0v) is 15.3. The molecule has 5 nitrogen and oxygen atoms in total. The van der Waals surface area contributed by atoms with Gasteiger partial charge in [-0.25, -0.2) is 0 Å². The molecule has 0 spiro atoms. The molecule has 2 aromatic rings. The Kier molecular flexibility index (Phi) is 4.23. The van der Waals surface area contributed by atoms with E-state index in [-0.39, 0.29) is 11.3 Å². The van der Waals surface area contributed by atoms with Gasteiger partial charge in [0.25, 0.3) is 0 Å². The highest BCUT2D eigenvalue weighted by Gasteiger charge is 2.55. The molecule has 6 heteroatoms. The maximum absolute atomic E-state index is 13.3. The van der Waals surface area contributed by atoms with E-state index in [1.165, 1.54) is 24.8 Å². The van der Waals surface area contributed by atoms with Gasteiger partial charge in [-0.3, -0.25) is 9.89 Å². The molecule has 4 rings (SSSR count). The highest BCUT2D eigenvalue weighted by atomic mass is 32.1. The lowest BCUT2D eigenvalue weighted by molar-refractivity contribution is -0.134. The SMILES string of the molecule is Cn1c(CNC(=O)[C@@]2(Cc3ccccc3)C[C@H]3CC[C@H]2C3)n[nH]c1=S. The molecule has 1 heterocycles. The largest absolute Gasteiger partial charge is 0.348 e. The first-order chi connectivity index (χ1) is 12.1. The lowest BCUT2D eigenvalue weighted by Gasteiger charge is -2.36. The number of carbonyl (C=O) groups excluding carboxylic acids is 1. The van der Waals surface area contributed by atoms with Crippen molar-refractivity contribution in [3.05, 3.63) is 46.5 Å². The van der Waals surface area contributed by atoms with Crippen molar-refractivity contribution in [2.24, 2.45) is 24.3 Å². The van der Waals surface area contributed by atoms with Crippen molar-refractivity contribution >= 4 is 18.1 Å². The molecule has 25 heavy (non-hydrogen) atoms. The van der Waals surface area contributed by atoms with Crippen molar-refractivity contribution in [3.63, 3.8) is 0 Å². The second-order valence-electron chi connectivity index (χ2n) is 7.59. The second-order valence-corrected chi connectivity index (χ2v) is 7.97. The molecule has 0 unspecified atom stereocenters. The predicted octanol–water partition coefficient (Wildman–Crippen LogP) is 3.14. The first-order valence-electron chi connectivity index (χ1n) is 9.01. The third-order valence-corrected chi connectivity index (χ3v) is 6.53. The Labute approximate surface area is 152 Å². The Balaban J connectivity index is 1.55. The summed E-state index contributed by atoms with van der Waals surface area (Å²) in [5.41, 5.74) is 0.985. The topological polar surface area (TPSA) is 62.7 Å². The number of aromatic amines is 1. The summed E-state index contributed by atoms with van der Waals surface area (Å²) in [6.07, 6.45) is 5.50. The van der Waals surface area contributed by atoms with Gasteiger partial charge in [-0.2, -0.15) is 5.10 Å². The van der Waals surface area contributed by atoms with Gasteiger partial charge in [0.15, 0.2) is 10.6 Å². The van der Waals surface area contributed by atoms with Gasteiger partial charge in [0.05, 0.1) is 12.0 Å². The Hall–Kier alpha value is -1.95. The van der Waals surface area contributed by atoms with Gasteiger partial charge in [-0.05, 0) is 55.3 Å². The molecule has 0 aliphatic heterocycles. The summed E-state index contributed by atoms with van der Waals surface area (Å²) in [7, 11) is 1.87. The summed E-state index contributed by atoms with van der Waals surface area (Å²) in [5.74, 6) is 2.15. The molecular formula is C19H24N4OS. The number of nitrogens with one attached hydrogen (secondary N) is 2. The van der Waals surface area contributed by atoms with E-state index < -0.39 is 0 Å². The quantitative estimate of drug-likeness (QED) is 0.809. The predicted molar refractivity (Wildman–Crippen MR) is 98.3 cm³/mol. The fourth-order valence-corrected chi connectivity index (χ4v) is 5.00. The number of hydrogen-bond donors (Lipinski definition) is 2. The minimum Gasteiger partial charge on any atom is -0.348 e. The van der Waals surface area contributed by atoms with Crippen molar-refractivity contribution in [3.8, 4) is 0 Å². The molecule has 1 amide bonds. The van der Waals surface area contributed by atoms with E-state index in [2.05, 4.69) is 39.8 Å². The van der Waals surface area contributed by atoms with E-state index in [4.69, 9.17) is 12.2 Å². The standard InChI is InChI=1S/C19H24N4OS/c1-23-16(21-22-18(23)25)12-20-17(24)19(10-13-5-3-2-4-6-13)11-14-7-8-15(19)9-14/h2-6,14-15H,7-12H2,1H3,(H,20,24)(H,22,25)/t14-,15-,19-/m0/s1. The van der Waals surface area contributed by atoms with Crippen molar-refractivity contribution in [2.75, 3.05) is 0 Å². The highest BCUT2D eigenvalue weighted by molar-refractivity contribution is 7.71. The van der Waals surface area contributed by atoms with E-state index in [1.807, 2.05) is 13.1 Å². The zero-order valence-electron chi connectivity index (χ0n) is 14.5. The van der Waals surface area contributed by atoms with Crippen LogP contribution in [-0.4, -0.2) is 20.7 Å². The number of aromatic nitrogens is 3. The minimum absolute atomic E-state index is 0.178. The Morgan fingerprint density at radius 2 is 2.20 bits per heavy atom. The lowest BCUT2D eigenvalue weighted by atomic mass is 9.68. The first kappa shape index (κ1) is 16.5. The van der Waals surface area contributed by atoms with Crippen LogP contribution in [0.4, 0.5) is 0 Å². The van der Waals surface area contributed by atoms with Crippen LogP contribution in [0.5, 0.6) is 0 Å². The van der Waals surface area contributed by atoms with Crippen LogP contribution < -0.4 is 5.32 Å². The number of nitrogens with zero attached hydrogens (tertiary/aromatic N) is 2. The third kappa shape index (κ3) is 2.92. The van der Waals surface area contributed by atoms with E-state index in [9.17, 15) is 4.79 Å². The first-order valence-corrected chi connectivity index (χ1v) is 9.42. The van der Waals surface area contributed by atoms with E-state index in [0.29, 0.717) is 23.2 Å². The number of benzene rings is 1. The van der Waals surface area contributed by atoms with E-state index >= 15 is 0 Å². The summed E-state index contributed by atoms with van der Waals surface area (Å²) in [6.45, 7) is 0.413. The molecule has 0 radical (unpaired) electrons. The average molecular weight is 356 g/mol. The lowest BCUT2D eigenvalue weighted by Crippen LogP contribution is -2.46. The van der Waals surface area contributed by atoms with Crippen molar-refractivity contribution in [1.29, 1.82) is 0 Å². The summed E-state index contributed by atoms with van der Waals surface area (Å²) in [4.78, 5) is 13.3. The second kappa shape index (κ2) is 6.41. The summed E-state index contributed by atoms with van der Waals surface area (Å²) < 4.78 is 2.38. The van der Waals surface area contributed by atoms with Crippen LogP contribution in [0.2, 0.25) is 0 Å². The Morgan fingerprint density at radius 1 is 1.40 bits per heavy atom. The Morgan fingerprint density at radius 3 is 2.80 bits per heavy atom. The van der Waals surface area contributed by atoms with Gasteiger partial charge in [-0.1, -0.05) is 36.8 Å². The van der Waals surface area contributed by atoms with Gasteiger partial charge >= 0.3 is 0 Å². The molecule has 132 valence electrons. The van der Waals surface area contributed by atoms with Gasteiger partial charge in [-0.15, -0.1) is 0 Å². The maximum Gasteiger partial charge on any atom is 0.227 e. The van der Waals surface area contributed by atoms with Crippen LogP contribution in [-0.2, 0) is 24.8 Å². The van der Waals surface area contributed by atoms with Crippen LogP contribution in [0.15, 0.2) is 30.3 Å². The molecule has 3 atom stereocenters. The normalized spacial score (nSPS) is 27.6. The van der Waals surface area contributed by atoms with Crippen LogP contribution in [0.3, 0.4) is 0 Å². The number of amides is 1. The number of H-pyrrole nitrogens is 1. The molecule has 2 N–H and O–H groups in total. The minimum atomic E-state index is -0.268. The zero-order chi connectivity index (χ0) is 17.4. The van der Waals surface area contributed by atoms with Crippen LogP contribution in [0.1, 0.15) is 37.1 Å². The summed E-state index contributed by atoms with van der Waals surface area (Å²) >= 11 is 5.15. The molecular weight excluding hydrogens is 332 g/mol. The number of carbonyl (C=O) groups is 1. The third-order valence-electron chi connectivity index (χ3n) is 6.17. The molecule has 1 aromatic heterocycles. The van der Waals surface area contributed by atoms with Crippen molar-refractivity contribution in [2.45, 2.75) is 38.6 Å². The fraction of sp³-hybridized carbons (Fsp3) is 0.526. The van der Waals surface area contributed by atoms with Crippen LogP contribution in [0, 0.1) is 22.0 Å². The highest BCUT2D eigenvalue weighted by Crippen LogP contribution is 2.57. The fourth-order valence-electron chi connectivity index (χ4n) is 4.85. The van der Waals surface area contributed by atoms with E-state index in [0.717, 1.165) is 18.7 Å².